The molecule has 1 aliphatic heterocycles. The molecule has 2 rings (SSSR count). The molecule has 134 valence electrons. The summed E-state index contributed by atoms with van der Waals surface area (Å²) in [6.07, 6.45) is 1.61. The van der Waals surface area contributed by atoms with Crippen LogP contribution in [0.25, 0.3) is 6.08 Å². The fourth-order valence-electron chi connectivity index (χ4n) is 2.48. The second-order valence-corrected chi connectivity index (χ2v) is 5.54. The van der Waals surface area contributed by atoms with Gasteiger partial charge in [-0.15, -0.1) is 0 Å². The Balaban J connectivity index is 2.39. The van der Waals surface area contributed by atoms with Crippen molar-refractivity contribution in [1.82, 2.24) is 4.90 Å². The average Bonchev–Trinajstić information content (AvgIpc) is 2.62. The van der Waals surface area contributed by atoms with Crippen LogP contribution in [0.15, 0.2) is 41.0 Å². The number of carbonyl (C=O) groups excluding carboxylic acids is 3. The minimum Gasteiger partial charge on any atom is -0.497 e. The summed E-state index contributed by atoms with van der Waals surface area (Å²) >= 11 is 0. The lowest BCUT2D eigenvalue weighted by Crippen LogP contribution is -2.44. The Kier molecular flexibility index (Phi) is 5.91. The third-order valence-electron chi connectivity index (χ3n) is 3.87. The van der Waals surface area contributed by atoms with E-state index >= 15 is 0 Å². The molecule has 7 nitrogen and oxygen atoms in total. The Hall–Kier alpha value is -3.40. The molecule has 7 heteroatoms. The van der Waals surface area contributed by atoms with Gasteiger partial charge in [-0.05, 0) is 36.3 Å². The van der Waals surface area contributed by atoms with Gasteiger partial charge >= 0.3 is 5.97 Å². The second-order valence-electron chi connectivity index (χ2n) is 5.54. The lowest BCUT2D eigenvalue weighted by Gasteiger charge is -2.27. The monoisotopic (exact) mass is 354 g/mol. The van der Waals surface area contributed by atoms with Crippen molar-refractivity contribution >= 4 is 23.9 Å². The van der Waals surface area contributed by atoms with E-state index in [0.29, 0.717) is 11.3 Å². The lowest BCUT2D eigenvalue weighted by molar-refractivity contribution is -0.147. The molecule has 0 aliphatic carbocycles. The normalized spacial score (nSPS) is 15.9. The smallest absolute Gasteiger partial charge is 0.302 e. The van der Waals surface area contributed by atoms with E-state index in [9.17, 15) is 19.6 Å². The lowest BCUT2D eigenvalue weighted by atomic mass is 9.93. The largest absolute Gasteiger partial charge is 0.497 e. The van der Waals surface area contributed by atoms with Crippen molar-refractivity contribution < 1.29 is 23.9 Å². The van der Waals surface area contributed by atoms with Crippen LogP contribution in [0.3, 0.4) is 0 Å². The van der Waals surface area contributed by atoms with Crippen molar-refractivity contribution in [1.29, 1.82) is 5.26 Å². The SMILES string of the molecule is COc1ccc(/C=C2/C(=O)N(CCOC(C)=O)C(=O)C(C#N)=C2C)cc1. The van der Waals surface area contributed by atoms with E-state index in [1.54, 1.807) is 44.4 Å². The van der Waals surface area contributed by atoms with Crippen LogP contribution in [0.5, 0.6) is 5.75 Å². The Morgan fingerprint density at radius 1 is 1.23 bits per heavy atom. The van der Waals surface area contributed by atoms with Crippen LogP contribution < -0.4 is 4.74 Å². The topological polar surface area (TPSA) is 96.7 Å². The summed E-state index contributed by atoms with van der Waals surface area (Å²) in [6, 6.07) is 8.87. The maximum atomic E-state index is 12.7. The van der Waals surface area contributed by atoms with Crippen LogP contribution in [0.4, 0.5) is 0 Å². The van der Waals surface area contributed by atoms with Gasteiger partial charge in [-0.25, -0.2) is 0 Å². The summed E-state index contributed by atoms with van der Waals surface area (Å²) in [5.74, 6) is -1.06. The highest BCUT2D eigenvalue weighted by atomic mass is 16.5. The number of imide groups is 1. The van der Waals surface area contributed by atoms with E-state index in [0.717, 1.165) is 10.5 Å². The molecule has 0 aromatic heterocycles. The number of rotatable bonds is 5. The average molecular weight is 354 g/mol. The molecule has 0 fully saturated rings. The van der Waals surface area contributed by atoms with E-state index in [1.165, 1.54) is 6.92 Å². The number of carbonyl (C=O) groups is 3. The highest BCUT2D eigenvalue weighted by Gasteiger charge is 2.35. The van der Waals surface area contributed by atoms with E-state index in [4.69, 9.17) is 9.47 Å². The first-order valence-corrected chi connectivity index (χ1v) is 7.85. The van der Waals surface area contributed by atoms with Crippen molar-refractivity contribution in [3.63, 3.8) is 0 Å². The van der Waals surface area contributed by atoms with Crippen molar-refractivity contribution in [3.8, 4) is 11.8 Å². The summed E-state index contributed by atoms with van der Waals surface area (Å²) in [6.45, 7) is 2.56. The van der Waals surface area contributed by atoms with Crippen LogP contribution in [0, 0.1) is 11.3 Å². The standard InChI is InChI=1S/C19H18N2O5/c1-12-16(10-14-4-6-15(25-3)7-5-14)18(23)21(8-9-26-13(2)22)19(24)17(12)11-20/h4-7,10H,8-9H2,1-3H3/b16-10+. The third-order valence-corrected chi connectivity index (χ3v) is 3.87. The Morgan fingerprint density at radius 3 is 2.42 bits per heavy atom. The molecule has 0 radical (unpaired) electrons. The number of nitrogens with zero attached hydrogens (tertiary/aromatic N) is 2. The van der Waals surface area contributed by atoms with Gasteiger partial charge in [0.05, 0.1) is 13.7 Å². The van der Waals surface area contributed by atoms with Gasteiger partial charge in [-0.2, -0.15) is 5.26 Å². The molecule has 0 spiro atoms. The maximum Gasteiger partial charge on any atom is 0.302 e. The molecule has 1 heterocycles. The van der Waals surface area contributed by atoms with Gasteiger partial charge < -0.3 is 9.47 Å². The Labute approximate surface area is 151 Å². The quantitative estimate of drug-likeness (QED) is 0.455. The predicted octanol–water partition coefficient (Wildman–Crippen LogP) is 1.85. The van der Waals surface area contributed by atoms with Gasteiger partial charge in [0.15, 0.2) is 0 Å². The molecule has 0 saturated carbocycles. The molecule has 0 unspecified atom stereocenters. The van der Waals surface area contributed by atoms with Gasteiger partial charge in [0.2, 0.25) is 0 Å². The molecule has 1 aliphatic rings. The summed E-state index contributed by atoms with van der Waals surface area (Å²) in [5.41, 5.74) is 1.18. The van der Waals surface area contributed by atoms with Crippen LogP contribution in [0.2, 0.25) is 0 Å². The highest BCUT2D eigenvalue weighted by Crippen LogP contribution is 2.27. The first-order chi connectivity index (χ1) is 12.4. The summed E-state index contributed by atoms with van der Waals surface area (Å²) in [5, 5.41) is 9.31. The van der Waals surface area contributed by atoms with Crippen molar-refractivity contribution in [3.05, 3.63) is 46.5 Å². The maximum absolute atomic E-state index is 12.7. The van der Waals surface area contributed by atoms with Gasteiger partial charge in [-0.3, -0.25) is 19.3 Å². The van der Waals surface area contributed by atoms with Gasteiger partial charge in [0, 0.05) is 12.5 Å². The van der Waals surface area contributed by atoms with Gasteiger partial charge in [0.25, 0.3) is 11.8 Å². The predicted molar refractivity (Wildman–Crippen MR) is 92.6 cm³/mol. The minimum absolute atomic E-state index is 0.104. The number of benzene rings is 1. The van der Waals surface area contributed by atoms with Crippen LogP contribution in [-0.2, 0) is 19.1 Å². The van der Waals surface area contributed by atoms with E-state index in [2.05, 4.69) is 0 Å². The molecule has 1 aromatic carbocycles. The molecular formula is C19H18N2O5. The molecule has 2 amide bonds. The number of amides is 2. The Morgan fingerprint density at radius 2 is 1.88 bits per heavy atom. The first kappa shape index (κ1) is 18.9. The number of hydrogen-bond donors (Lipinski definition) is 0. The van der Waals surface area contributed by atoms with E-state index in [-0.39, 0.29) is 24.3 Å². The van der Waals surface area contributed by atoms with Crippen molar-refractivity contribution in [2.75, 3.05) is 20.3 Å². The molecule has 26 heavy (non-hydrogen) atoms. The second kappa shape index (κ2) is 8.12. The first-order valence-electron chi connectivity index (χ1n) is 7.85. The minimum atomic E-state index is -0.686. The molecule has 0 saturated heterocycles. The molecule has 0 atom stereocenters. The summed E-state index contributed by atoms with van der Waals surface area (Å²) in [4.78, 5) is 36.9. The zero-order valence-electron chi connectivity index (χ0n) is 14.7. The van der Waals surface area contributed by atoms with Crippen LogP contribution in [-0.4, -0.2) is 42.9 Å². The zero-order chi connectivity index (χ0) is 19.3. The number of hydrogen-bond acceptors (Lipinski definition) is 6. The van der Waals surface area contributed by atoms with Gasteiger partial charge in [0.1, 0.15) is 24.0 Å². The fourth-order valence-corrected chi connectivity index (χ4v) is 2.48. The van der Waals surface area contributed by atoms with E-state index < -0.39 is 17.8 Å². The van der Waals surface area contributed by atoms with Crippen molar-refractivity contribution in [2.24, 2.45) is 0 Å². The number of esters is 1. The Bertz CT molecular complexity index is 844. The van der Waals surface area contributed by atoms with Crippen LogP contribution in [0.1, 0.15) is 19.4 Å². The highest BCUT2D eigenvalue weighted by molar-refractivity contribution is 6.19. The molecule has 0 N–H and O–H groups in total. The van der Waals surface area contributed by atoms with Crippen molar-refractivity contribution in [2.45, 2.75) is 13.8 Å². The molecular weight excluding hydrogens is 336 g/mol. The van der Waals surface area contributed by atoms with Crippen LogP contribution >= 0.6 is 0 Å². The zero-order valence-corrected chi connectivity index (χ0v) is 14.7. The summed E-state index contributed by atoms with van der Waals surface area (Å²) in [7, 11) is 1.55. The van der Waals surface area contributed by atoms with E-state index in [1.807, 2.05) is 6.07 Å². The molecule has 1 aromatic rings. The molecule has 0 bridgehead atoms. The number of ether oxygens (including phenoxy) is 2. The number of methoxy groups -OCH3 is 1. The summed E-state index contributed by atoms with van der Waals surface area (Å²) < 4.78 is 9.89. The third kappa shape index (κ3) is 3.98. The fraction of sp³-hybridized carbons (Fsp3) is 0.263. The van der Waals surface area contributed by atoms with Gasteiger partial charge in [-0.1, -0.05) is 12.1 Å². The number of nitriles is 1.